The minimum absolute atomic E-state index is 0.304. The van der Waals surface area contributed by atoms with Crippen molar-refractivity contribution in [1.29, 1.82) is 0 Å². The van der Waals surface area contributed by atoms with Gasteiger partial charge in [-0.15, -0.1) is 0 Å². The van der Waals surface area contributed by atoms with E-state index >= 15 is 0 Å². The molecular formula is C9H19NO4S. The summed E-state index contributed by atoms with van der Waals surface area (Å²) in [6, 6.07) is 0. The van der Waals surface area contributed by atoms with Crippen molar-refractivity contribution in [3.8, 4) is 0 Å². The third-order valence-electron chi connectivity index (χ3n) is 2.64. The Labute approximate surface area is 90.7 Å². The molecule has 0 atom stereocenters. The molecule has 2 N–H and O–H groups in total. The van der Waals surface area contributed by atoms with Crippen LogP contribution in [0.5, 0.6) is 0 Å². The lowest BCUT2D eigenvalue weighted by Crippen LogP contribution is -2.49. The zero-order chi connectivity index (χ0) is 12.1. The van der Waals surface area contributed by atoms with Gasteiger partial charge in [-0.1, -0.05) is 26.7 Å². The molecule has 0 radical (unpaired) electrons. The van der Waals surface area contributed by atoms with Crippen molar-refractivity contribution >= 4 is 15.7 Å². The highest BCUT2D eigenvalue weighted by molar-refractivity contribution is 7.92. The van der Waals surface area contributed by atoms with Crippen molar-refractivity contribution in [2.75, 3.05) is 6.26 Å². The van der Waals surface area contributed by atoms with Gasteiger partial charge in [-0.05, 0) is 12.8 Å². The van der Waals surface area contributed by atoms with E-state index in [0.717, 1.165) is 6.26 Å². The molecular weight excluding hydrogens is 218 g/mol. The predicted octanol–water partition coefficient (Wildman–Crippen LogP) is 0.875. The van der Waals surface area contributed by atoms with E-state index in [1.54, 1.807) is 0 Å². The summed E-state index contributed by atoms with van der Waals surface area (Å²) in [5.74, 6) is -0.799. The van der Waals surface area contributed by atoms with E-state index in [9.17, 15) is 13.2 Å². The van der Waals surface area contributed by atoms with Crippen molar-refractivity contribution in [2.45, 2.75) is 44.3 Å². The first-order valence-corrected chi connectivity index (χ1v) is 6.97. The summed E-state index contributed by atoms with van der Waals surface area (Å²) in [4.78, 5) is 11.2. The zero-order valence-electron chi connectivity index (χ0n) is 9.41. The van der Waals surface area contributed by atoms with E-state index in [2.05, 4.69) is 0 Å². The molecule has 0 spiro atoms. The maximum absolute atomic E-state index is 11.4. The molecule has 1 amide bonds. The van der Waals surface area contributed by atoms with E-state index in [0.29, 0.717) is 25.7 Å². The summed E-state index contributed by atoms with van der Waals surface area (Å²) < 4.78 is 21.4. The molecule has 0 heterocycles. The maximum atomic E-state index is 11.4. The summed E-state index contributed by atoms with van der Waals surface area (Å²) >= 11 is 0. The summed E-state index contributed by atoms with van der Waals surface area (Å²) in [5.41, 5.74) is 1.44. The lowest BCUT2D eigenvalue weighted by molar-refractivity contribution is -0.131. The summed E-state index contributed by atoms with van der Waals surface area (Å²) in [6.45, 7) is 4.00. The van der Waals surface area contributed by atoms with E-state index in [1.165, 1.54) is 5.48 Å². The van der Waals surface area contributed by atoms with Gasteiger partial charge in [-0.3, -0.25) is 10.0 Å². The molecule has 0 aliphatic heterocycles. The van der Waals surface area contributed by atoms with Crippen molar-refractivity contribution < 1.29 is 18.4 Å². The van der Waals surface area contributed by atoms with Gasteiger partial charge in [0.25, 0.3) is 5.91 Å². The Bertz CT molecular complexity index is 304. The summed E-state index contributed by atoms with van der Waals surface area (Å²) in [7, 11) is -3.45. The van der Waals surface area contributed by atoms with Crippen LogP contribution in [0.15, 0.2) is 0 Å². The fraction of sp³-hybridized carbons (Fsp3) is 0.889. The Morgan fingerprint density at radius 1 is 1.27 bits per heavy atom. The molecule has 0 unspecified atom stereocenters. The molecule has 1 saturated carbocycles. The van der Waals surface area contributed by atoms with Gasteiger partial charge < -0.3 is 0 Å². The SMILES string of the molecule is CC.CS(=O)(=O)C1(C(=O)NO)CCCC1. The van der Waals surface area contributed by atoms with Gasteiger partial charge in [0.05, 0.1) is 0 Å². The first-order chi connectivity index (χ1) is 6.94. The smallest absolute Gasteiger partial charge is 0.264 e. The van der Waals surface area contributed by atoms with Gasteiger partial charge in [-0.25, -0.2) is 13.9 Å². The normalized spacial score (nSPS) is 18.9. The maximum Gasteiger partial charge on any atom is 0.264 e. The van der Waals surface area contributed by atoms with Gasteiger partial charge in [0, 0.05) is 6.26 Å². The standard InChI is InChI=1S/C7H13NO4S.C2H6/c1-13(11,12)7(6(9)8-10)4-2-3-5-7;1-2/h10H,2-5H2,1H3,(H,8,9);1-2H3. The van der Waals surface area contributed by atoms with Crippen LogP contribution >= 0.6 is 0 Å². The minimum Gasteiger partial charge on any atom is -0.289 e. The van der Waals surface area contributed by atoms with Crippen molar-refractivity contribution in [1.82, 2.24) is 5.48 Å². The minimum atomic E-state index is -3.45. The largest absolute Gasteiger partial charge is 0.289 e. The Morgan fingerprint density at radius 3 is 1.93 bits per heavy atom. The van der Waals surface area contributed by atoms with Gasteiger partial charge in [-0.2, -0.15) is 0 Å². The van der Waals surface area contributed by atoms with Crippen molar-refractivity contribution in [2.24, 2.45) is 0 Å². The van der Waals surface area contributed by atoms with Crippen molar-refractivity contribution in [3.63, 3.8) is 0 Å². The first kappa shape index (κ1) is 14.4. The number of sulfone groups is 1. The number of hydroxylamine groups is 1. The van der Waals surface area contributed by atoms with Crippen LogP contribution in [0.25, 0.3) is 0 Å². The average molecular weight is 237 g/mol. The Balaban J connectivity index is 0.000000921. The molecule has 1 aliphatic carbocycles. The van der Waals surface area contributed by atoms with Crippen LogP contribution < -0.4 is 5.48 Å². The summed E-state index contributed by atoms with van der Waals surface area (Å²) in [6.07, 6.45) is 3.06. The zero-order valence-corrected chi connectivity index (χ0v) is 10.2. The molecule has 0 aromatic heterocycles. The second-order valence-electron chi connectivity index (χ2n) is 3.41. The second kappa shape index (κ2) is 5.46. The molecule has 15 heavy (non-hydrogen) atoms. The van der Waals surface area contributed by atoms with Crippen LogP contribution in [-0.2, 0) is 14.6 Å². The quantitative estimate of drug-likeness (QED) is 0.551. The monoisotopic (exact) mass is 237 g/mol. The highest BCUT2D eigenvalue weighted by Crippen LogP contribution is 2.36. The number of rotatable bonds is 2. The Morgan fingerprint density at radius 2 is 1.67 bits per heavy atom. The van der Waals surface area contributed by atoms with E-state index in [-0.39, 0.29) is 0 Å². The molecule has 90 valence electrons. The summed E-state index contributed by atoms with van der Waals surface area (Å²) in [5, 5.41) is 8.46. The fourth-order valence-electron chi connectivity index (χ4n) is 1.81. The van der Waals surface area contributed by atoms with E-state index in [1.807, 2.05) is 13.8 Å². The first-order valence-electron chi connectivity index (χ1n) is 5.08. The molecule has 0 saturated heterocycles. The third-order valence-corrected chi connectivity index (χ3v) is 4.65. The second-order valence-corrected chi connectivity index (χ2v) is 5.74. The van der Waals surface area contributed by atoms with Crippen LogP contribution in [0.2, 0.25) is 0 Å². The van der Waals surface area contributed by atoms with Crippen LogP contribution in [0.3, 0.4) is 0 Å². The van der Waals surface area contributed by atoms with Crippen LogP contribution in [-0.4, -0.2) is 30.5 Å². The third kappa shape index (κ3) is 2.69. The lowest BCUT2D eigenvalue weighted by Gasteiger charge is -2.23. The van der Waals surface area contributed by atoms with Crippen LogP contribution in [0.4, 0.5) is 0 Å². The number of hydrogen-bond donors (Lipinski definition) is 2. The van der Waals surface area contributed by atoms with E-state index in [4.69, 9.17) is 5.21 Å². The number of nitrogens with one attached hydrogen (secondary N) is 1. The number of amides is 1. The number of hydrogen-bond acceptors (Lipinski definition) is 4. The topological polar surface area (TPSA) is 83.5 Å². The van der Waals surface area contributed by atoms with Gasteiger partial charge >= 0.3 is 0 Å². The highest BCUT2D eigenvalue weighted by atomic mass is 32.2. The molecule has 0 aromatic rings. The molecule has 5 nitrogen and oxygen atoms in total. The Hall–Kier alpha value is -0.620. The van der Waals surface area contributed by atoms with Gasteiger partial charge in [0.15, 0.2) is 14.6 Å². The Kier molecular flexibility index (Phi) is 5.23. The fourth-order valence-corrected chi connectivity index (χ4v) is 3.23. The molecule has 1 aliphatic rings. The van der Waals surface area contributed by atoms with Crippen molar-refractivity contribution in [3.05, 3.63) is 0 Å². The van der Waals surface area contributed by atoms with Crippen LogP contribution in [0, 0.1) is 0 Å². The number of carbonyl (C=O) groups is 1. The number of carbonyl (C=O) groups excluding carboxylic acids is 1. The van der Waals surface area contributed by atoms with E-state index < -0.39 is 20.5 Å². The lowest BCUT2D eigenvalue weighted by atomic mass is 10.1. The van der Waals surface area contributed by atoms with Crippen LogP contribution in [0.1, 0.15) is 39.5 Å². The molecule has 6 heteroatoms. The molecule has 1 rings (SSSR count). The molecule has 0 bridgehead atoms. The van der Waals surface area contributed by atoms with Gasteiger partial charge in [0.1, 0.15) is 0 Å². The highest BCUT2D eigenvalue weighted by Gasteiger charge is 2.49. The average Bonchev–Trinajstić information content (AvgIpc) is 2.68. The predicted molar refractivity (Wildman–Crippen MR) is 57.3 cm³/mol. The van der Waals surface area contributed by atoms with Gasteiger partial charge in [0.2, 0.25) is 0 Å². The molecule has 0 aromatic carbocycles. The molecule has 1 fully saturated rings.